The molecule has 0 saturated carbocycles. The molecule has 1 atom stereocenters. The molecule has 37 heavy (non-hydrogen) atoms. The van der Waals surface area contributed by atoms with Crippen LogP contribution >= 0.6 is 0 Å². The highest BCUT2D eigenvalue weighted by molar-refractivity contribution is 5.86. The lowest BCUT2D eigenvalue weighted by Gasteiger charge is -2.23. The summed E-state index contributed by atoms with van der Waals surface area (Å²) in [6, 6.07) is -0.794. The van der Waals surface area contributed by atoms with E-state index in [2.05, 4.69) is 29.8 Å². The minimum atomic E-state index is -0.794. The second kappa shape index (κ2) is 23.3. The quantitative estimate of drug-likeness (QED) is 0.123. The minimum absolute atomic E-state index is 0.0881. The zero-order valence-corrected chi connectivity index (χ0v) is 24.9. The minimum Gasteiger partial charge on any atom is -0.444 e. The molecule has 0 aromatic carbocycles. The van der Waals surface area contributed by atoms with Crippen molar-refractivity contribution in [3.63, 3.8) is 0 Å². The Morgan fingerprint density at radius 2 is 1.08 bits per heavy atom. The Balaban J connectivity index is 4.32. The van der Waals surface area contributed by atoms with Crippen molar-refractivity contribution < 1.29 is 19.1 Å². The van der Waals surface area contributed by atoms with Gasteiger partial charge in [-0.05, 0) is 40.0 Å². The van der Waals surface area contributed by atoms with E-state index in [-0.39, 0.29) is 24.7 Å². The molecule has 0 aromatic rings. The van der Waals surface area contributed by atoms with E-state index in [4.69, 9.17) is 4.74 Å². The molecule has 0 aromatic heterocycles. The molecular formula is C30H59N3O4. The number of hydrogen-bond donors (Lipinski definition) is 3. The Morgan fingerprint density at radius 3 is 1.54 bits per heavy atom. The number of rotatable bonds is 23. The molecule has 0 aliphatic heterocycles. The van der Waals surface area contributed by atoms with Crippen LogP contribution in [-0.4, -0.2) is 42.6 Å². The Kier molecular flexibility index (Phi) is 22.2. The van der Waals surface area contributed by atoms with E-state index in [1.54, 1.807) is 20.8 Å². The van der Waals surface area contributed by atoms with Crippen molar-refractivity contribution in [3.8, 4) is 0 Å². The summed E-state index contributed by atoms with van der Waals surface area (Å²) < 4.78 is 5.33. The summed E-state index contributed by atoms with van der Waals surface area (Å²) in [6.07, 6.45) is 19.1. The summed E-state index contributed by atoms with van der Waals surface area (Å²) in [5, 5.41) is 8.54. The molecule has 3 amide bonds. The predicted molar refractivity (Wildman–Crippen MR) is 154 cm³/mol. The number of carbonyl (C=O) groups excluding carboxylic acids is 3. The van der Waals surface area contributed by atoms with Gasteiger partial charge in [-0.15, -0.1) is 0 Å². The van der Waals surface area contributed by atoms with Crippen LogP contribution in [0.2, 0.25) is 0 Å². The lowest BCUT2D eigenvalue weighted by atomic mass is 10.1. The molecule has 0 fully saturated rings. The molecule has 0 heterocycles. The van der Waals surface area contributed by atoms with E-state index in [0.29, 0.717) is 13.1 Å². The molecule has 7 nitrogen and oxygen atoms in total. The van der Waals surface area contributed by atoms with E-state index in [1.807, 2.05) is 0 Å². The van der Waals surface area contributed by atoms with Gasteiger partial charge < -0.3 is 20.7 Å². The van der Waals surface area contributed by atoms with Gasteiger partial charge in [0.2, 0.25) is 11.8 Å². The first-order chi connectivity index (χ1) is 17.7. The van der Waals surface area contributed by atoms with Crippen molar-refractivity contribution in [1.29, 1.82) is 0 Å². The van der Waals surface area contributed by atoms with E-state index in [1.165, 1.54) is 77.0 Å². The molecule has 7 heteroatoms. The first kappa shape index (κ1) is 35.2. The standard InChI is InChI=1S/C30H59N3O4/c1-6-8-10-12-14-16-18-20-24-31-27(34)23-22-26(33-29(36)37-30(3,4)5)28(35)32-25-21-19-17-15-13-11-9-7-2/h26H,6-25H2,1-5H3,(H,31,34)(H,32,35)(H,33,36)/t26-/m0/s1. The van der Waals surface area contributed by atoms with Gasteiger partial charge in [0.05, 0.1) is 0 Å². The lowest BCUT2D eigenvalue weighted by Crippen LogP contribution is -2.48. The van der Waals surface area contributed by atoms with Gasteiger partial charge in [0.15, 0.2) is 0 Å². The summed E-state index contributed by atoms with van der Waals surface area (Å²) >= 11 is 0. The number of carbonyl (C=O) groups is 3. The van der Waals surface area contributed by atoms with E-state index >= 15 is 0 Å². The maximum atomic E-state index is 12.8. The Morgan fingerprint density at radius 1 is 0.649 bits per heavy atom. The van der Waals surface area contributed by atoms with Crippen LogP contribution in [0, 0.1) is 0 Å². The zero-order chi connectivity index (χ0) is 27.8. The molecule has 0 radical (unpaired) electrons. The van der Waals surface area contributed by atoms with Gasteiger partial charge in [-0.3, -0.25) is 9.59 Å². The summed E-state index contributed by atoms with van der Waals surface area (Å²) in [4.78, 5) is 37.4. The van der Waals surface area contributed by atoms with Gasteiger partial charge in [-0.25, -0.2) is 4.79 Å². The third-order valence-corrected chi connectivity index (χ3v) is 6.35. The first-order valence-electron chi connectivity index (χ1n) is 15.2. The number of alkyl carbamates (subject to hydrolysis) is 1. The second-order valence-corrected chi connectivity index (χ2v) is 11.3. The molecule has 0 rings (SSSR count). The number of unbranched alkanes of at least 4 members (excludes halogenated alkanes) is 14. The summed E-state index contributed by atoms with van der Waals surface area (Å²) in [6.45, 7) is 11.0. The Hall–Kier alpha value is -1.79. The van der Waals surface area contributed by atoms with Crippen LogP contribution in [0.25, 0.3) is 0 Å². The van der Waals surface area contributed by atoms with Crippen molar-refractivity contribution in [3.05, 3.63) is 0 Å². The molecule has 0 bridgehead atoms. The van der Waals surface area contributed by atoms with Gasteiger partial charge in [0, 0.05) is 19.5 Å². The summed E-state index contributed by atoms with van der Waals surface area (Å²) in [7, 11) is 0. The summed E-state index contributed by atoms with van der Waals surface area (Å²) in [5.74, 6) is -0.348. The van der Waals surface area contributed by atoms with Crippen LogP contribution in [0.3, 0.4) is 0 Å². The van der Waals surface area contributed by atoms with Crippen LogP contribution in [0.15, 0.2) is 0 Å². The van der Waals surface area contributed by atoms with Crippen molar-refractivity contribution in [2.75, 3.05) is 13.1 Å². The largest absolute Gasteiger partial charge is 0.444 e. The maximum Gasteiger partial charge on any atom is 0.408 e. The van der Waals surface area contributed by atoms with Crippen LogP contribution < -0.4 is 16.0 Å². The van der Waals surface area contributed by atoms with Gasteiger partial charge in [-0.1, -0.05) is 104 Å². The van der Waals surface area contributed by atoms with E-state index in [0.717, 1.165) is 25.7 Å². The third-order valence-electron chi connectivity index (χ3n) is 6.35. The van der Waals surface area contributed by atoms with E-state index < -0.39 is 17.7 Å². The van der Waals surface area contributed by atoms with Crippen molar-refractivity contribution >= 4 is 17.9 Å². The number of amides is 3. The lowest BCUT2D eigenvalue weighted by molar-refractivity contribution is -0.124. The van der Waals surface area contributed by atoms with Gasteiger partial charge in [0.1, 0.15) is 11.6 Å². The molecule has 218 valence electrons. The Bertz CT molecular complexity index is 590. The van der Waals surface area contributed by atoms with Crippen molar-refractivity contribution in [1.82, 2.24) is 16.0 Å². The van der Waals surface area contributed by atoms with Gasteiger partial charge in [-0.2, -0.15) is 0 Å². The molecule has 0 unspecified atom stereocenters. The average Bonchev–Trinajstić information content (AvgIpc) is 2.83. The van der Waals surface area contributed by atoms with Crippen LogP contribution in [0.1, 0.15) is 150 Å². The molecule has 0 aliphatic rings. The monoisotopic (exact) mass is 525 g/mol. The predicted octanol–water partition coefficient (Wildman–Crippen LogP) is 7.17. The van der Waals surface area contributed by atoms with Crippen LogP contribution in [0.5, 0.6) is 0 Å². The molecule has 0 spiro atoms. The smallest absolute Gasteiger partial charge is 0.408 e. The fourth-order valence-electron chi connectivity index (χ4n) is 4.16. The molecular weight excluding hydrogens is 466 g/mol. The highest BCUT2D eigenvalue weighted by Gasteiger charge is 2.24. The number of nitrogens with one attached hydrogen (secondary N) is 3. The SMILES string of the molecule is CCCCCCCCCCNC(=O)CC[C@H](NC(=O)OC(C)(C)C)C(=O)NCCCCCCCCCC. The number of hydrogen-bond acceptors (Lipinski definition) is 4. The normalized spacial score (nSPS) is 12.1. The zero-order valence-electron chi connectivity index (χ0n) is 24.9. The topological polar surface area (TPSA) is 96.5 Å². The summed E-state index contributed by atoms with van der Waals surface area (Å²) in [5.41, 5.74) is -0.657. The second-order valence-electron chi connectivity index (χ2n) is 11.3. The fraction of sp³-hybridized carbons (Fsp3) is 0.900. The van der Waals surface area contributed by atoms with Gasteiger partial charge in [0.25, 0.3) is 0 Å². The fourth-order valence-corrected chi connectivity index (χ4v) is 4.16. The maximum absolute atomic E-state index is 12.8. The van der Waals surface area contributed by atoms with Crippen molar-refractivity contribution in [2.45, 2.75) is 162 Å². The first-order valence-corrected chi connectivity index (χ1v) is 15.2. The highest BCUT2D eigenvalue weighted by Crippen LogP contribution is 2.10. The van der Waals surface area contributed by atoms with Crippen molar-refractivity contribution in [2.24, 2.45) is 0 Å². The van der Waals surface area contributed by atoms with Crippen LogP contribution in [-0.2, 0) is 14.3 Å². The molecule has 0 saturated heterocycles. The molecule has 0 aliphatic carbocycles. The van der Waals surface area contributed by atoms with Gasteiger partial charge >= 0.3 is 6.09 Å². The Labute approximate surface area is 228 Å². The average molecular weight is 526 g/mol. The van der Waals surface area contributed by atoms with E-state index in [9.17, 15) is 14.4 Å². The van der Waals surface area contributed by atoms with Crippen LogP contribution in [0.4, 0.5) is 4.79 Å². The molecule has 3 N–H and O–H groups in total. The number of ether oxygens (including phenoxy) is 1. The highest BCUT2D eigenvalue weighted by atomic mass is 16.6. The third kappa shape index (κ3) is 24.3.